The van der Waals surface area contributed by atoms with Crippen LogP contribution in [-0.2, 0) is 9.59 Å². The van der Waals surface area contributed by atoms with Crippen molar-refractivity contribution in [3.63, 3.8) is 0 Å². The van der Waals surface area contributed by atoms with Crippen molar-refractivity contribution in [1.82, 2.24) is 5.32 Å². The van der Waals surface area contributed by atoms with Crippen molar-refractivity contribution < 1.29 is 24.5 Å². The van der Waals surface area contributed by atoms with Crippen LogP contribution >= 0.6 is 0 Å². The van der Waals surface area contributed by atoms with Crippen LogP contribution < -0.4 is 10.1 Å². The first-order valence-corrected chi connectivity index (χ1v) is 6.38. The summed E-state index contributed by atoms with van der Waals surface area (Å²) >= 11 is 0. The highest BCUT2D eigenvalue weighted by molar-refractivity contribution is 5.88. The molecule has 0 aliphatic heterocycles. The molecule has 6 heteroatoms. The van der Waals surface area contributed by atoms with Crippen LogP contribution in [0.15, 0.2) is 24.3 Å². The maximum absolute atomic E-state index is 11.8. The molecule has 1 atom stereocenters. The molecule has 2 rings (SSSR count). The van der Waals surface area contributed by atoms with Gasteiger partial charge in [0.2, 0.25) is 0 Å². The summed E-state index contributed by atoms with van der Waals surface area (Å²) in [5.41, 5.74) is -1.25. The van der Waals surface area contributed by atoms with E-state index in [1.54, 1.807) is 12.1 Å². The lowest BCUT2D eigenvalue weighted by atomic mass is 9.96. The number of para-hydroxylation sites is 2. The Morgan fingerprint density at radius 2 is 2.05 bits per heavy atom. The molecule has 1 aromatic carbocycles. The van der Waals surface area contributed by atoms with E-state index in [1.807, 2.05) is 0 Å². The molecule has 1 fully saturated rings. The summed E-state index contributed by atoms with van der Waals surface area (Å²) in [5.74, 6) is -1.48. The normalized spacial score (nSPS) is 17.1. The van der Waals surface area contributed by atoms with E-state index in [2.05, 4.69) is 5.32 Å². The minimum absolute atomic E-state index is 0.0333. The molecule has 1 aliphatic carbocycles. The topological polar surface area (TPSA) is 95.9 Å². The van der Waals surface area contributed by atoms with Crippen LogP contribution in [0, 0.1) is 5.92 Å². The van der Waals surface area contributed by atoms with Crippen molar-refractivity contribution in [2.45, 2.75) is 25.3 Å². The molecule has 3 N–H and O–H groups in total. The second kappa shape index (κ2) is 5.40. The number of rotatable bonds is 6. The Morgan fingerprint density at radius 3 is 2.60 bits per heavy atom. The molecule has 0 radical (unpaired) electrons. The number of aromatic hydroxyl groups is 1. The maximum atomic E-state index is 11.8. The second-order valence-corrected chi connectivity index (χ2v) is 5.09. The lowest BCUT2D eigenvalue weighted by Gasteiger charge is -2.26. The summed E-state index contributed by atoms with van der Waals surface area (Å²) < 4.78 is 5.17. The van der Waals surface area contributed by atoms with Gasteiger partial charge in [-0.15, -0.1) is 0 Å². The Bertz CT molecular complexity index is 526. The van der Waals surface area contributed by atoms with E-state index in [9.17, 15) is 19.8 Å². The van der Waals surface area contributed by atoms with Crippen molar-refractivity contribution in [3.8, 4) is 11.5 Å². The standard InChI is InChI=1S/C14H17NO5/c1-14(13(18)19,9-6-7-9)15-12(17)8-20-11-5-3-2-4-10(11)16/h2-5,9,16H,6-8H2,1H3,(H,15,17)(H,18,19). The van der Waals surface area contributed by atoms with Gasteiger partial charge in [-0.05, 0) is 37.8 Å². The summed E-state index contributed by atoms with van der Waals surface area (Å²) in [6.07, 6.45) is 1.59. The van der Waals surface area contributed by atoms with E-state index < -0.39 is 17.4 Å². The average Bonchev–Trinajstić information content (AvgIpc) is 3.22. The smallest absolute Gasteiger partial charge is 0.329 e. The molecule has 1 saturated carbocycles. The van der Waals surface area contributed by atoms with Gasteiger partial charge < -0.3 is 20.3 Å². The predicted molar refractivity (Wildman–Crippen MR) is 70.5 cm³/mol. The monoisotopic (exact) mass is 279 g/mol. The molecule has 0 heterocycles. The Balaban J connectivity index is 1.92. The van der Waals surface area contributed by atoms with Crippen molar-refractivity contribution in [1.29, 1.82) is 0 Å². The third kappa shape index (κ3) is 3.01. The van der Waals surface area contributed by atoms with E-state index in [1.165, 1.54) is 19.1 Å². The number of hydrogen-bond acceptors (Lipinski definition) is 4. The number of hydrogen-bond donors (Lipinski definition) is 3. The van der Waals surface area contributed by atoms with Gasteiger partial charge in [0, 0.05) is 0 Å². The van der Waals surface area contributed by atoms with Crippen LogP contribution in [0.4, 0.5) is 0 Å². The van der Waals surface area contributed by atoms with Crippen molar-refractivity contribution in [3.05, 3.63) is 24.3 Å². The van der Waals surface area contributed by atoms with Crippen molar-refractivity contribution >= 4 is 11.9 Å². The number of nitrogens with one attached hydrogen (secondary N) is 1. The van der Waals surface area contributed by atoms with Crippen LogP contribution in [0.25, 0.3) is 0 Å². The van der Waals surface area contributed by atoms with E-state index in [-0.39, 0.29) is 24.0 Å². The fraction of sp³-hybridized carbons (Fsp3) is 0.429. The number of carbonyl (C=O) groups is 2. The maximum Gasteiger partial charge on any atom is 0.329 e. The molecule has 1 aromatic rings. The molecule has 0 aromatic heterocycles. The van der Waals surface area contributed by atoms with Crippen LogP contribution in [0.5, 0.6) is 11.5 Å². The largest absolute Gasteiger partial charge is 0.504 e. The number of carboxylic acid groups (broad SMARTS) is 1. The summed E-state index contributed by atoms with van der Waals surface area (Å²) in [6.45, 7) is 1.16. The van der Waals surface area contributed by atoms with Gasteiger partial charge in [0.15, 0.2) is 18.1 Å². The van der Waals surface area contributed by atoms with Crippen LogP contribution in [0.1, 0.15) is 19.8 Å². The minimum Gasteiger partial charge on any atom is -0.504 e. The zero-order valence-electron chi connectivity index (χ0n) is 11.1. The second-order valence-electron chi connectivity index (χ2n) is 5.09. The van der Waals surface area contributed by atoms with Crippen molar-refractivity contribution in [2.24, 2.45) is 5.92 Å². The molecule has 0 spiro atoms. The molecule has 1 unspecified atom stereocenters. The zero-order valence-corrected chi connectivity index (χ0v) is 11.1. The summed E-state index contributed by atoms with van der Waals surface area (Å²) in [7, 11) is 0. The van der Waals surface area contributed by atoms with Gasteiger partial charge in [0.1, 0.15) is 5.54 Å². The third-order valence-corrected chi connectivity index (χ3v) is 3.46. The van der Waals surface area contributed by atoms with Gasteiger partial charge in [-0.2, -0.15) is 0 Å². The first-order chi connectivity index (χ1) is 9.43. The Labute approximate surface area is 116 Å². The summed E-state index contributed by atoms with van der Waals surface area (Å²) in [6, 6.07) is 6.27. The Kier molecular flexibility index (Phi) is 3.83. The van der Waals surface area contributed by atoms with E-state index in [0.29, 0.717) is 0 Å². The molecule has 6 nitrogen and oxygen atoms in total. The van der Waals surface area contributed by atoms with Gasteiger partial charge in [-0.3, -0.25) is 4.79 Å². The first kappa shape index (κ1) is 14.2. The zero-order chi connectivity index (χ0) is 14.8. The number of amides is 1. The lowest BCUT2D eigenvalue weighted by molar-refractivity contribution is -0.148. The quantitative estimate of drug-likeness (QED) is 0.725. The van der Waals surface area contributed by atoms with Gasteiger partial charge in [0.25, 0.3) is 5.91 Å². The van der Waals surface area contributed by atoms with E-state index in [4.69, 9.17) is 4.74 Å². The summed E-state index contributed by atoms with van der Waals surface area (Å²) in [4.78, 5) is 23.1. The summed E-state index contributed by atoms with van der Waals surface area (Å²) in [5, 5.41) is 21.2. The number of phenolic OH excluding ortho intramolecular Hbond substituents is 1. The SMILES string of the molecule is CC(NC(=O)COc1ccccc1O)(C(=O)O)C1CC1. The van der Waals surface area contributed by atoms with Crippen LogP contribution in [0.2, 0.25) is 0 Å². The van der Waals surface area contributed by atoms with Gasteiger partial charge in [-0.25, -0.2) is 4.79 Å². The highest BCUT2D eigenvalue weighted by atomic mass is 16.5. The predicted octanol–water partition coefficient (Wildman–Crippen LogP) is 1.14. The number of ether oxygens (including phenoxy) is 1. The number of benzene rings is 1. The fourth-order valence-electron chi connectivity index (χ4n) is 2.04. The molecular weight excluding hydrogens is 262 g/mol. The molecule has 1 amide bonds. The Hall–Kier alpha value is -2.24. The average molecular weight is 279 g/mol. The lowest BCUT2D eigenvalue weighted by Crippen LogP contribution is -2.55. The van der Waals surface area contributed by atoms with Crippen LogP contribution in [0.3, 0.4) is 0 Å². The third-order valence-electron chi connectivity index (χ3n) is 3.46. The molecule has 20 heavy (non-hydrogen) atoms. The highest BCUT2D eigenvalue weighted by Gasteiger charge is 2.48. The number of aliphatic carboxylic acids is 1. The molecular formula is C14H17NO5. The van der Waals surface area contributed by atoms with Gasteiger partial charge in [0.05, 0.1) is 0 Å². The minimum atomic E-state index is -1.25. The first-order valence-electron chi connectivity index (χ1n) is 6.38. The Morgan fingerprint density at radius 1 is 1.40 bits per heavy atom. The number of phenols is 1. The number of carbonyl (C=O) groups excluding carboxylic acids is 1. The highest BCUT2D eigenvalue weighted by Crippen LogP contribution is 2.39. The van der Waals surface area contributed by atoms with Crippen LogP contribution in [-0.4, -0.2) is 34.2 Å². The van der Waals surface area contributed by atoms with Gasteiger partial charge >= 0.3 is 5.97 Å². The number of carboxylic acids is 1. The molecule has 0 saturated heterocycles. The fourth-order valence-corrected chi connectivity index (χ4v) is 2.04. The van der Waals surface area contributed by atoms with E-state index in [0.717, 1.165) is 12.8 Å². The molecule has 1 aliphatic rings. The van der Waals surface area contributed by atoms with Crippen molar-refractivity contribution in [2.75, 3.05) is 6.61 Å². The van der Waals surface area contributed by atoms with Gasteiger partial charge in [-0.1, -0.05) is 12.1 Å². The molecule has 108 valence electrons. The van der Waals surface area contributed by atoms with E-state index >= 15 is 0 Å². The molecule has 0 bridgehead atoms.